The van der Waals surface area contributed by atoms with E-state index in [0.29, 0.717) is 17.4 Å². The summed E-state index contributed by atoms with van der Waals surface area (Å²) in [6.45, 7) is 4.27. The van der Waals surface area contributed by atoms with E-state index in [1.165, 1.54) is 64.2 Å². The van der Waals surface area contributed by atoms with E-state index in [1.807, 2.05) is 21.1 Å². The minimum absolute atomic E-state index is 0.0235. The summed E-state index contributed by atoms with van der Waals surface area (Å²) in [7, 11) is 1.45. The van der Waals surface area contributed by atoms with Crippen molar-refractivity contribution in [1.82, 2.24) is 0 Å². The number of allylic oxidation sites excluding steroid dienone is 10. The molecule has 0 rings (SSSR count). The van der Waals surface area contributed by atoms with Crippen LogP contribution in [-0.2, 0) is 32.7 Å². The maximum atomic E-state index is 12.7. The molecule has 1 unspecified atom stereocenters. The van der Waals surface area contributed by atoms with Crippen LogP contribution in [0.25, 0.3) is 0 Å². The Balaban J connectivity index is 4.39. The third-order valence-corrected chi connectivity index (χ3v) is 10.5. The first-order chi connectivity index (χ1) is 28.0. The van der Waals surface area contributed by atoms with Crippen LogP contribution >= 0.6 is 7.82 Å². The molecule has 0 aliphatic heterocycles. The molecule has 0 aromatic carbocycles. The van der Waals surface area contributed by atoms with Crippen LogP contribution in [-0.4, -0.2) is 74.9 Å². The van der Waals surface area contributed by atoms with Crippen LogP contribution in [0.2, 0.25) is 0 Å². The lowest BCUT2D eigenvalue weighted by Gasteiger charge is -2.24. The third kappa shape index (κ3) is 43.3. The van der Waals surface area contributed by atoms with Gasteiger partial charge in [-0.3, -0.25) is 18.6 Å². The summed E-state index contributed by atoms with van der Waals surface area (Å²) in [4.78, 5) is 35.4. The molecule has 0 fully saturated rings. The van der Waals surface area contributed by atoms with Gasteiger partial charge in [-0.2, -0.15) is 0 Å². The highest BCUT2D eigenvalue weighted by molar-refractivity contribution is 7.47. The minimum atomic E-state index is -4.39. The van der Waals surface area contributed by atoms with Gasteiger partial charge >= 0.3 is 19.8 Å². The predicted molar refractivity (Wildman–Crippen MR) is 243 cm³/mol. The summed E-state index contributed by atoms with van der Waals surface area (Å²) in [5.41, 5.74) is 0. The van der Waals surface area contributed by atoms with Crippen LogP contribution in [0.4, 0.5) is 0 Å². The fourth-order valence-corrected chi connectivity index (χ4v) is 6.68. The average Bonchev–Trinajstić information content (AvgIpc) is 3.17. The molecule has 9 nitrogen and oxygen atoms in total. The SMILES string of the molecule is CC/C=C\C/C=C\C/C=C\C/C=C\CCCCCCC(=O)O[C@H](COC(=O)CCCCCCCCC/C=C\CCCCCCCC)COP(=O)(O)OCC[N+](C)(C)C. The van der Waals surface area contributed by atoms with Crippen molar-refractivity contribution < 1.29 is 42.1 Å². The summed E-state index contributed by atoms with van der Waals surface area (Å²) in [5.74, 6) is -0.833. The van der Waals surface area contributed by atoms with E-state index >= 15 is 0 Å². The largest absolute Gasteiger partial charge is 0.472 e. The van der Waals surface area contributed by atoms with Gasteiger partial charge in [-0.25, -0.2) is 4.57 Å². The Morgan fingerprint density at radius 1 is 0.552 bits per heavy atom. The highest BCUT2D eigenvalue weighted by Crippen LogP contribution is 2.43. The topological polar surface area (TPSA) is 108 Å². The Morgan fingerprint density at radius 3 is 1.48 bits per heavy atom. The Kier molecular flexibility index (Phi) is 38.5. The van der Waals surface area contributed by atoms with E-state index in [1.54, 1.807) is 0 Å². The number of rotatable bonds is 41. The summed E-state index contributed by atoms with van der Waals surface area (Å²) >= 11 is 0. The lowest BCUT2D eigenvalue weighted by atomic mass is 10.1. The van der Waals surface area contributed by atoms with Crippen molar-refractivity contribution in [2.45, 2.75) is 187 Å². The van der Waals surface area contributed by atoms with Crippen molar-refractivity contribution in [3.05, 3.63) is 60.8 Å². The molecule has 58 heavy (non-hydrogen) atoms. The monoisotopic (exact) mass is 837 g/mol. The lowest BCUT2D eigenvalue weighted by Crippen LogP contribution is -2.37. The quantitative estimate of drug-likeness (QED) is 0.0213. The molecule has 1 N–H and O–H groups in total. The third-order valence-electron chi connectivity index (χ3n) is 9.53. The van der Waals surface area contributed by atoms with Gasteiger partial charge in [0.1, 0.15) is 19.8 Å². The molecule has 0 radical (unpaired) electrons. The van der Waals surface area contributed by atoms with Crippen molar-refractivity contribution in [3.63, 3.8) is 0 Å². The van der Waals surface area contributed by atoms with Gasteiger partial charge in [-0.15, -0.1) is 0 Å². The van der Waals surface area contributed by atoms with E-state index in [4.69, 9.17) is 18.5 Å². The minimum Gasteiger partial charge on any atom is -0.462 e. The molecule has 10 heteroatoms. The second-order valence-electron chi connectivity index (χ2n) is 16.4. The van der Waals surface area contributed by atoms with Gasteiger partial charge in [0, 0.05) is 12.8 Å². The normalized spacial score (nSPS) is 14.1. The molecule has 0 amide bonds. The zero-order valence-electron chi connectivity index (χ0n) is 37.8. The Morgan fingerprint density at radius 2 is 0.983 bits per heavy atom. The number of ether oxygens (including phenoxy) is 2. The van der Waals surface area contributed by atoms with Crippen LogP contribution in [0.5, 0.6) is 0 Å². The van der Waals surface area contributed by atoms with Crippen molar-refractivity contribution in [2.24, 2.45) is 0 Å². The standard InChI is InChI=1S/C48H86NO8P/c1-6-8-10-12-14-16-18-20-22-24-26-28-30-32-34-36-38-40-47(50)54-44-46(45-56-58(52,53)55-43-42-49(3,4)5)57-48(51)41-39-37-35-33-31-29-27-25-23-21-19-17-15-13-11-9-7-2/h9,11,15,17,20-23,27,29,46H,6-8,10,12-14,16,18-19,24-26,28,30-45H2,1-5H3/p+1/b11-9-,17-15-,22-20-,23-21-,29-27-/t46-/m1/s1. The van der Waals surface area contributed by atoms with Crippen LogP contribution < -0.4 is 0 Å². The number of hydrogen-bond acceptors (Lipinski definition) is 7. The molecule has 0 aliphatic rings. The number of carbonyl (C=O) groups excluding carboxylic acids is 2. The summed E-state index contributed by atoms with van der Waals surface area (Å²) in [5, 5.41) is 0. The second-order valence-corrected chi connectivity index (χ2v) is 17.9. The Bertz CT molecular complexity index is 1170. The zero-order valence-corrected chi connectivity index (χ0v) is 38.7. The van der Waals surface area contributed by atoms with Gasteiger partial charge in [0.15, 0.2) is 6.10 Å². The highest BCUT2D eigenvalue weighted by atomic mass is 31.2. The molecule has 2 atom stereocenters. The van der Waals surface area contributed by atoms with E-state index in [9.17, 15) is 19.0 Å². The molecule has 0 saturated heterocycles. The first-order valence-electron chi connectivity index (χ1n) is 23.0. The van der Waals surface area contributed by atoms with Gasteiger partial charge < -0.3 is 18.9 Å². The van der Waals surface area contributed by atoms with Gasteiger partial charge in [-0.05, 0) is 77.0 Å². The van der Waals surface area contributed by atoms with Gasteiger partial charge in [0.25, 0.3) is 0 Å². The molecule has 0 spiro atoms. The number of unbranched alkanes of at least 4 members (excludes halogenated alkanes) is 17. The van der Waals surface area contributed by atoms with Crippen LogP contribution in [0, 0.1) is 0 Å². The molecule has 0 heterocycles. The van der Waals surface area contributed by atoms with Crippen LogP contribution in [0.3, 0.4) is 0 Å². The van der Waals surface area contributed by atoms with Crippen molar-refractivity contribution in [2.75, 3.05) is 47.5 Å². The fourth-order valence-electron chi connectivity index (χ4n) is 5.94. The molecule has 0 saturated carbocycles. The number of phosphoric acid groups is 1. The number of carbonyl (C=O) groups is 2. The first-order valence-corrected chi connectivity index (χ1v) is 24.5. The maximum Gasteiger partial charge on any atom is 0.472 e. The number of nitrogens with zero attached hydrogens (tertiary/aromatic N) is 1. The summed E-state index contributed by atoms with van der Waals surface area (Å²) in [6.07, 6.45) is 48.4. The smallest absolute Gasteiger partial charge is 0.462 e. The molecular weight excluding hydrogens is 750 g/mol. The van der Waals surface area contributed by atoms with Gasteiger partial charge in [-0.1, -0.05) is 152 Å². The van der Waals surface area contributed by atoms with Crippen molar-refractivity contribution in [3.8, 4) is 0 Å². The molecule has 0 aromatic heterocycles. The highest BCUT2D eigenvalue weighted by Gasteiger charge is 2.27. The van der Waals surface area contributed by atoms with E-state index in [0.717, 1.165) is 83.5 Å². The van der Waals surface area contributed by atoms with Gasteiger partial charge in [0.2, 0.25) is 0 Å². The molecule has 336 valence electrons. The molecule has 0 aromatic rings. The van der Waals surface area contributed by atoms with E-state index in [-0.39, 0.29) is 32.0 Å². The number of phosphoric ester groups is 1. The second kappa shape index (κ2) is 40.1. The number of hydrogen-bond donors (Lipinski definition) is 1. The van der Waals surface area contributed by atoms with E-state index < -0.39 is 26.5 Å². The van der Waals surface area contributed by atoms with Gasteiger partial charge in [0.05, 0.1) is 27.7 Å². The lowest BCUT2D eigenvalue weighted by molar-refractivity contribution is -0.870. The summed E-state index contributed by atoms with van der Waals surface area (Å²) in [6, 6.07) is 0. The summed E-state index contributed by atoms with van der Waals surface area (Å²) < 4.78 is 34.3. The number of esters is 2. The number of quaternary nitrogens is 1. The van der Waals surface area contributed by atoms with Crippen LogP contribution in [0.1, 0.15) is 181 Å². The van der Waals surface area contributed by atoms with Crippen LogP contribution in [0.15, 0.2) is 60.8 Å². The maximum absolute atomic E-state index is 12.7. The fraction of sp³-hybridized carbons (Fsp3) is 0.750. The van der Waals surface area contributed by atoms with Crippen molar-refractivity contribution >= 4 is 19.8 Å². The average molecular weight is 837 g/mol. The number of likely N-dealkylation sites (N-methyl/N-ethyl adjacent to an activating group) is 1. The van der Waals surface area contributed by atoms with E-state index in [2.05, 4.69) is 74.6 Å². The molecular formula is C48H87NO8P+. The zero-order chi connectivity index (χ0) is 42.8. The van der Waals surface area contributed by atoms with Crippen molar-refractivity contribution in [1.29, 1.82) is 0 Å². The molecule has 0 bridgehead atoms. The Hall–Kier alpha value is -2.29. The predicted octanol–water partition coefficient (Wildman–Crippen LogP) is 13.2. The molecule has 0 aliphatic carbocycles. The first kappa shape index (κ1) is 55.7. The Labute approximate surface area is 356 Å².